The van der Waals surface area contributed by atoms with E-state index in [4.69, 9.17) is 9.73 Å². The number of aryl methyl sites for hydroxylation is 1. The summed E-state index contributed by atoms with van der Waals surface area (Å²) in [6.07, 6.45) is 3.24. The summed E-state index contributed by atoms with van der Waals surface area (Å²) >= 11 is 0. The highest BCUT2D eigenvalue weighted by molar-refractivity contribution is 5.85. The van der Waals surface area contributed by atoms with Crippen LogP contribution in [0.4, 0.5) is 0 Å². The first-order valence-electron chi connectivity index (χ1n) is 9.30. The van der Waals surface area contributed by atoms with Gasteiger partial charge in [0, 0.05) is 36.6 Å². The van der Waals surface area contributed by atoms with Crippen LogP contribution in [-0.4, -0.2) is 58.7 Å². The molecule has 2 atom stereocenters. The maximum atomic E-state index is 10.3. The fraction of sp³-hybridized carbons (Fsp3) is 0.429. The van der Waals surface area contributed by atoms with E-state index in [0.717, 1.165) is 26.3 Å². The van der Waals surface area contributed by atoms with Crippen LogP contribution in [0.1, 0.15) is 35.3 Å². The average molecular weight is 369 g/mol. The van der Waals surface area contributed by atoms with E-state index in [9.17, 15) is 10.2 Å². The molecule has 0 spiro atoms. The Morgan fingerprint density at radius 1 is 1.26 bits per heavy atom. The molecule has 2 heterocycles. The SMILES string of the molecule is Cc1ncc(CO)c(C=N[C@H](C)[C@@H](c2ccccc2)N2CCOCC2)c1O. The number of ether oxygens (including phenoxy) is 1. The Morgan fingerprint density at radius 2 is 1.96 bits per heavy atom. The number of rotatable bonds is 6. The minimum absolute atomic E-state index is 0.0371. The zero-order valence-electron chi connectivity index (χ0n) is 15.9. The lowest BCUT2D eigenvalue weighted by molar-refractivity contribution is 0.0119. The number of aliphatic imine (C=N–C) groups is 1. The van der Waals surface area contributed by atoms with E-state index in [-0.39, 0.29) is 24.4 Å². The molecule has 0 unspecified atom stereocenters. The van der Waals surface area contributed by atoms with Crippen LogP contribution in [0, 0.1) is 6.92 Å². The van der Waals surface area contributed by atoms with Crippen molar-refractivity contribution in [1.29, 1.82) is 0 Å². The molecule has 1 saturated heterocycles. The number of hydrogen-bond donors (Lipinski definition) is 2. The van der Waals surface area contributed by atoms with Crippen LogP contribution in [0.25, 0.3) is 0 Å². The summed E-state index contributed by atoms with van der Waals surface area (Å²) in [5, 5.41) is 19.9. The van der Waals surface area contributed by atoms with Gasteiger partial charge in [-0.2, -0.15) is 0 Å². The molecule has 1 aromatic carbocycles. The molecular weight excluding hydrogens is 342 g/mol. The van der Waals surface area contributed by atoms with Gasteiger partial charge in [0.05, 0.1) is 37.6 Å². The van der Waals surface area contributed by atoms with E-state index in [1.54, 1.807) is 19.3 Å². The number of aromatic hydroxyl groups is 1. The van der Waals surface area contributed by atoms with Crippen LogP contribution in [0.2, 0.25) is 0 Å². The van der Waals surface area contributed by atoms with E-state index < -0.39 is 0 Å². The number of morpholine rings is 1. The number of nitrogens with zero attached hydrogens (tertiary/aromatic N) is 3. The molecular formula is C21H27N3O3. The van der Waals surface area contributed by atoms with E-state index in [1.807, 2.05) is 18.2 Å². The number of pyridine rings is 1. The largest absolute Gasteiger partial charge is 0.505 e. The van der Waals surface area contributed by atoms with Gasteiger partial charge in [-0.25, -0.2) is 0 Å². The molecule has 27 heavy (non-hydrogen) atoms. The maximum Gasteiger partial charge on any atom is 0.145 e. The second kappa shape index (κ2) is 9.08. The lowest BCUT2D eigenvalue weighted by Gasteiger charge is -2.37. The summed E-state index contributed by atoms with van der Waals surface area (Å²) in [6.45, 7) is 6.78. The zero-order chi connectivity index (χ0) is 19.2. The fourth-order valence-corrected chi connectivity index (χ4v) is 3.50. The van der Waals surface area contributed by atoms with Gasteiger partial charge in [-0.05, 0) is 19.4 Å². The third-order valence-corrected chi connectivity index (χ3v) is 5.00. The summed E-state index contributed by atoms with van der Waals surface area (Å²) in [4.78, 5) is 11.2. The topological polar surface area (TPSA) is 78.2 Å². The van der Waals surface area contributed by atoms with Crippen molar-refractivity contribution in [2.24, 2.45) is 4.99 Å². The third kappa shape index (κ3) is 4.53. The van der Waals surface area contributed by atoms with Gasteiger partial charge in [-0.3, -0.25) is 14.9 Å². The highest BCUT2D eigenvalue weighted by Gasteiger charge is 2.27. The monoisotopic (exact) mass is 369 g/mol. The molecule has 0 saturated carbocycles. The van der Waals surface area contributed by atoms with Crippen molar-refractivity contribution in [3.8, 4) is 5.75 Å². The Bertz CT molecular complexity index is 774. The molecule has 144 valence electrons. The molecule has 2 aromatic rings. The van der Waals surface area contributed by atoms with Crippen LogP contribution < -0.4 is 0 Å². The van der Waals surface area contributed by atoms with Crippen LogP contribution in [0.3, 0.4) is 0 Å². The molecule has 1 aliphatic rings. The molecule has 0 amide bonds. The second-order valence-electron chi connectivity index (χ2n) is 6.81. The van der Waals surface area contributed by atoms with Gasteiger partial charge in [0.2, 0.25) is 0 Å². The van der Waals surface area contributed by atoms with Crippen molar-refractivity contribution >= 4 is 6.21 Å². The van der Waals surface area contributed by atoms with Gasteiger partial charge in [0.1, 0.15) is 5.75 Å². The van der Waals surface area contributed by atoms with Crippen molar-refractivity contribution in [2.75, 3.05) is 26.3 Å². The molecule has 6 nitrogen and oxygen atoms in total. The van der Waals surface area contributed by atoms with Crippen molar-refractivity contribution in [2.45, 2.75) is 32.5 Å². The van der Waals surface area contributed by atoms with Crippen LogP contribution in [0.15, 0.2) is 41.5 Å². The standard InChI is InChI=1S/C21H27N3O3/c1-15(23-13-19-18(14-25)12-22-16(2)21(19)26)20(17-6-4-3-5-7-17)24-8-10-27-11-9-24/h3-7,12-13,15,20,25-26H,8-11,14H2,1-2H3/t15-,20+/m1/s1. The van der Waals surface area contributed by atoms with E-state index in [1.165, 1.54) is 5.56 Å². The van der Waals surface area contributed by atoms with Gasteiger partial charge < -0.3 is 14.9 Å². The summed E-state index contributed by atoms with van der Waals surface area (Å²) < 4.78 is 5.51. The summed E-state index contributed by atoms with van der Waals surface area (Å²) in [7, 11) is 0. The van der Waals surface area contributed by atoms with E-state index in [0.29, 0.717) is 16.8 Å². The van der Waals surface area contributed by atoms with Crippen LogP contribution in [0.5, 0.6) is 5.75 Å². The smallest absolute Gasteiger partial charge is 0.145 e. The van der Waals surface area contributed by atoms with Crippen molar-refractivity contribution in [1.82, 2.24) is 9.88 Å². The first-order chi connectivity index (χ1) is 13.1. The Balaban J connectivity index is 1.90. The van der Waals surface area contributed by atoms with E-state index in [2.05, 4.69) is 28.9 Å². The zero-order valence-corrected chi connectivity index (χ0v) is 15.9. The summed E-state index contributed by atoms with van der Waals surface area (Å²) in [5.41, 5.74) is 2.83. The quantitative estimate of drug-likeness (QED) is 0.765. The third-order valence-electron chi connectivity index (χ3n) is 5.00. The predicted octanol–water partition coefficient (Wildman–Crippen LogP) is 2.47. The minimum Gasteiger partial charge on any atom is -0.505 e. The lowest BCUT2D eigenvalue weighted by atomic mass is 9.98. The average Bonchev–Trinajstić information content (AvgIpc) is 2.71. The molecule has 1 aromatic heterocycles. The molecule has 0 radical (unpaired) electrons. The van der Waals surface area contributed by atoms with Gasteiger partial charge in [-0.1, -0.05) is 30.3 Å². The highest BCUT2D eigenvalue weighted by Crippen LogP contribution is 2.28. The number of aliphatic hydroxyl groups is 1. The van der Waals surface area contributed by atoms with Gasteiger partial charge in [-0.15, -0.1) is 0 Å². The Labute approximate surface area is 160 Å². The number of benzene rings is 1. The summed E-state index contributed by atoms with van der Waals surface area (Å²) in [6, 6.07) is 10.4. The number of aromatic nitrogens is 1. The molecule has 3 rings (SSSR count). The Hall–Kier alpha value is -2.28. The lowest BCUT2D eigenvalue weighted by Crippen LogP contribution is -2.42. The Morgan fingerprint density at radius 3 is 2.63 bits per heavy atom. The molecule has 1 aliphatic heterocycles. The highest BCUT2D eigenvalue weighted by atomic mass is 16.5. The van der Waals surface area contributed by atoms with Crippen LogP contribution in [-0.2, 0) is 11.3 Å². The molecule has 0 bridgehead atoms. The first-order valence-corrected chi connectivity index (χ1v) is 9.30. The molecule has 2 N–H and O–H groups in total. The van der Waals surface area contributed by atoms with Gasteiger partial charge in [0.25, 0.3) is 0 Å². The normalized spacial score (nSPS) is 17.9. The Kier molecular flexibility index (Phi) is 6.55. The van der Waals surface area contributed by atoms with Crippen molar-refractivity contribution in [3.05, 3.63) is 58.9 Å². The number of hydrogen-bond acceptors (Lipinski definition) is 6. The van der Waals surface area contributed by atoms with E-state index >= 15 is 0 Å². The fourth-order valence-electron chi connectivity index (χ4n) is 3.50. The minimum atomic E-state index is -0.192. The predicted molar refractivity (Wildman–Crippen MR) is 105 cm³/mol. The number of aliphatic hydroxyl groups excluding tert-OH is 1. The van der Waals surface area contributed by atoms with Crippen molar-refractivity contribution < 1.29 is 14.9 Å². The van der Waals surface area contributed by atoms with Gasteiger partial charge in [0.15, 0.2) is 0 Å². The molecule has 6 heteroatoms. The molecule has 0 aliphatic carbocycles. The summed E-state index contributed by atoms with van der Waals surface area (Å²) in [5.74, 6) is 0.0696. The molecule has 1 fully saturated rings. The second-order valence-corrected chi connectivity index (χ2v) is 6.81. The van der Waals surface area contributed by atoms with Crippen LogP contribution >= 0.6 is 0 Å². The van der Waals surface area contributed by atoms with Crippen molar-refractivity contribution in [3.63, 3.8) is 0 Å². The first kappa shape index (κ1) is 19.5. The van der Waals surface area contributed by atoms with Gasteiger partial charge >= 0.3 is 0 Å². The maximum absolute atomic E-state index is 10.3.